The van der Waals surface area contributed by atoms with Crippen molar-refractivity contribution in [3.63, 3.8) is 0 Å². The quantitative estimate of drug-likeness (QED) is 0.628. The lowest BCUT2D eigenvalue weighted by Gasteiger charge is -2.17. The molecule has 0 radical (unpaired) electrons. The third kappa shape index (κ3) is 5.99. The van der Waals surface area contributed by atoms with Crippen molar-refractivity contribution < 1.29 is 19.8 Å². The third-order valence-electron chi connectivity index (χ3n) is 4.31. The average molecular weight is 334 g/mol. The lowest BCUT2D eigenvalue weighted by molar-refractivity contribution is 0.0679. The molecule has 1 rings (SSSR count). The molecule has 0 fully saturated rings. The lowest BCUT2D eigenvalue weighted by Crippen LogP contribution is -2.13. The zero-order chi connectivity index (χ0) is 18.3. The fraction of sp³-hybridized carbons (Fsp3) is 0.600. The Hall–Kier alpha value is -1.84. The third-order valence-corrected chi connectivity index (χ3v) is 4.31. The molecule has 4 nitrogen and oxygen atoms in total. The minimum absolute atomic E-state index is 0.253. The van der Waals surface area contributed by atoms with Crippen molar-refractivity contribution in [1.82, 2.24) is 0 Å². The average Bonchev–Trinajstić information content (AvgIpc) is 2.46. The summed E-state index contributed by atoms with van der Waals surface area (Å²) in [7, 11) is 0. The molecule has 0 saturated heterocycles. The van der Waals surface area contributed by atoms with Crippen molar-refractivity contribution in [3.05, 3.63) is 34.4 Å². The maximum absolute atomic E-state index is 11.6. The Morgan fingerprint density at radius 3 is 1.38 bits per heavy atom. The first-order valence-electron chi connectivity index (χ1n) is 8.85. The van der Waals surface area contributed by atoms with Crippen molar-refractivity contribution in [2.75, 3.05) is 0 Å². The number of carboxylic acids is 2. The maximum Gasteiger partial charge on any atom is 0.335 e. The zero-order valence-corrected chi connectivity index (χ0v) is 15.3. The topological polar surface area (TPSA) is 74.6 Å². The van der Waals surface area contributed by atoms with Crippen LogP contribution in [0, 0.1) is 11.8 Å². The smallest absolute Gasteiger partial charge is 0.335 e. The summed E-state index contributed by atoms with van der Waals surface area (Å²) in [4.78, 5) is 23.2. The highest BCUT2D eigenvalue weighted by molar-refractivity contribution is 5.95. The summed E-state index contributed by atoms with van der Waals surface area (Å²) in [5.74, 6) is -0.858. The van der Waals surface area contributed by atoms with Crippen LogP contribution < -0.4 is 0 Å². The summed E-state index contributed by atoms with van der Waals surface area (Å²) in [6.07, 6.45) is 5.00. The summed E-state index contributed by atoms with van der Waals surface area (Å²) in [5, 5.41) is 19.0. The predicted molar refractivity (Wildman–Crippen MR) is 95.9 cm³/mol. The van der Waals surface area contributed by atoms with Crippen molar-refractivity contribution in [3.8, 4) is 0 Å². The molecule has 0 aromatic heterocycles. The number of carbonyl (C=O) groups is 2. The van der Waals surface area contributed by atoms with Gasteiger partial charge in [-0.15, -0.1) is 0 Å². The Kier molecular flexibility index (Phi) is 7.96. The molecule has 0 spiro atoms. The Morgan fingerprint density at radius 1 is 0.792 bits per heavy atom. The van der Waals surface area contributed by atoms with Crippen LogP contribution in [0.4, 0.5) is 0 Å². The Morgan fingerprint density at radius 2 is 1.12 bits per heavy atom. The first-order chi connectivity index (χ1) is 11.2. The van der Waals surface area contributed by atoms with Gasteiger partial charge in [-0.1, -0.05) is 40.5 Å². The number of hydrogen-bond acceptors (Lipinski definition) is 2. The van der Waals surface area contributed by atoms with Crippen LogP contribution >= 0.6 is 0 Å². The first kappa shape index (κ1) is 20.2. The van der Waals surface area contributed by atoms with Crippen LogP contribution in [0.5, 0.6) is 0 Å². The van der Waals surface area contributed by atoms with E-state index in [0.29, 0.717) is 35.8 Å². The van der Waals surface area contributed by atoms with E-state index in [9.17, 15) is 19.8 Å². The molecule has 0 amide bonds. The Balaban J connectivity index is 3.20. The molecule has 0 saturated carbocycles. The van der Waals surface area contributed by atoms with Gasteiger partial charge in [-0.25, -0.2) is 9.59 Å². The summed E-state index contributed by atoms with van der Waals surface area (Å²) in [6, 6.07) is 2.89. The monoisotopic (exact) mass is 334 g/mol. The number of carboxylic acid groups (broad SMARTS) is 2. The van der Waals surface area contributed by atoms with Crippen LogP contribution in [0.25, 0.3) is 0 Å². The molecular weight excluding hydrogens is 304 g/mol. The van der Waals surface area contributed by atoms with Gasteiger partial charge in [0.05, 0.1) is 11.1 Å². The van der Waals surface area contributed by atoms with Crippen molar-refractivity contribution >= 4 is 11.9 Å². The van der Waals surface area contributed by atoms with E-state index in [1.807, 2.05) is 0 Å². The van der Waals surface area contributed by atoms with Gasteiger partial charge in [0.25, 0.3) is 0 Å². The molecule has 0 unspecified atom stereocenters. The number of aromatic carboxylic acids is 2. The van der Waals surface area contributed by atoms with E-state index < -0.39 is 11.9 Å². The van der Waals surface area contributed by atoms with Gasteiger partial charge in [0.15, 0.2) is 0 Å². The normalized spacial score (nSPS) is 11.2. The fourth-order valence-electron chi connectivity index (χ4n) is 3.04. The zero-order valence-electron chi connectivity index (χ0n) is 15.3. The maximum atomic E-state index is 11.6. The SMILES string of the molecule is CC(C)CCCc1c(C(=O)O)ccc(C(=O)O)c1CCCC(C)C. The summed E-state index contributed by atoms with van der Waals surface area (Å²) < 4.78 is 0. The first-order valence-corrected chi connectivity index (χ1v) is 8.85. The molecule has 1 aromatic rings. The Labute approximate surface area is 144 Å². The van der Waals surface area contributed by atoms with Crippen molar-refractivity contribution in [1.29, 1.82) is 0 Å². The van der Waals surface area contributed by atoms with Crippen LogP contribution in [0.3, 0.4) is 0 Å². The van der Waals surface area contributed by atoms with Crippen molar-refractivity contribution in [2.24, 2.45) is 11.8 Å². The molecule has 0 aliphatic heterocycles. The molecule has 1 aromatic carbocycles. The number of rotatable bonds is 10. The molecule has 134 valence electrons. The van der Waals surface area contributed by atoms with Gasteiger partial charge < -0.3 is 10.2 Å². The molecule has 24 heavy (non-hydrogen) atoms. The minimum Gasteiger partial charge on any atom is -0.478 e. The van der Waals surface area contributed by atoms with Crippen LogP contribution in [0.15, 0.2) is 12.1 Å². The van der Waals surface area contributed by atoms with Gasteiger partial charge in [0, 0.05) is 0 Å². The lowest BCUT2D eigenvalue weighted by atomic mass is 9.88. The summed E-state index contributed by atoms with van der Waals surface area (Å²) in [6.45, 7) is 8.54. The van der Waals surface area contributed by atoms with Crippen LogP contribution in [0.1, 0.15) is 85.2 Å². The second-order valence-corrected chi connectivity index (χ2v) is 7.30. The van der Waals surface area contributed by atoms with Gasteiger partial charge in [-0.2, -0.15) is 0 Å². The second-order valence-electron chi connectivity index (χ2n) is 7.30. The van der Waals surface area contributed by atoms with E-state index in [0.717, 1.165) is 25.7 Å². The van der Waals surface area contributed by atoms with Crippen LogP contribution in [0.2, 0.25) is 0 Å². The summed E-state index contributed by atoms with van der Waals surface area (Å²) >= 11 is 0. The number of benzene rings is 1. The molecule has 4 heteroatoms. The molecule has 0 bridgehead atoms. The van der Waals surface area contributed by atoms with E-state index in [4.69, 9.17) is 0 Å². The largest absolute Gasteiger partial charge is 0.478 e. The summed E-state index contributed by atoms with van der Waals surface area (Å²) in [5.41, 5.74) is 1.94. The fourth-order valence-corrected chi connectivity index (χ4v) is 3.04. The van der Waals surface area contributed by atoms with Crippen LogP contribution in [-0.2, 0) is 12.8 Å². The molecule has 0 atom stereocenters. The highest BCUT2D eigenvalue weighted by atomic mass is 16.4. The van der Waals surface area contributed by atoms with Gasteiger partial charge in [0.2, 0.25) is 0 Å². The van der Waals surface area contributed by atoms with E-state index in [1.165, 1.54) is 12.1 Å². The van der Waals surface area contributed by atoms with E-state index in [2.05, 4.69) is 27.7 Å². The molecular formula is C20H30O4. The molecule has 2 N–H and O–H groups in total. The predicted octanol–water partition coefficient (Wildman–Crippen LogP) is 5.04. The number of hydrogen-bond donors (Lipinski definition) is 2. The van der Waals surface area contributed by atoms with E-state index >= 15 is 0 Å². The van der Waals surface area contributed by atoms with Gasteiger partial charge in [-0.05, 0) is 60.8 Å². The van der Waals surface area contributed by atoms with Crippen molar-refractivity contribution in [2.45, 2.75) is 66.2 Å². The highest BCUT2D eigenvalue weighted by Gasteiger charge is 2.20. The van der Waals surface area contributed by atoms with Gasteiger partial charge in [0.1, 0.15) is 0 Å². The Bertz CT molecular complexity index is 522. The van der Waals surface area contributed by atoms with Gasteiger partial charge >= 0.3 is 11.9 Å². The minimum atomic E-state index is -0.975. The molecule has 0 aliphatic carbocycles. The molecule has 0 aliphatic rings. The van der Waals surface area contributed by atoms with Crippen LogP contribution in [-0.4, -0.2) is 22.2 Å². The standard InChI is InChI=1S/C20H30O4/c1-13(2)7-5-9-15-16(10-6-8-14(3)4)18(20(23)24)12-11-17(15)19(21)22/h11-14H,5-10H2,1-4H3,(H,21,22)(H,23,24). The highest BCUT2D eigenvalue weighted by Crippen LogP contribution is 2.25. The van der Waals surface area contributed by atoms with Gasteiger partial charge in [-0.3, -0.25) is 0 Å². The molecule has 0 heterocycles. The van der Waals surface area contributed by atoms with E-state index in [1.54, 1.807) is 0 Å². The second kappa shape index (κ2) is 9.45. The van der Waals surface area contributed by atoms with E-state index in [-0.39, 0.29) is 11.1 Å².